The van der Waals surface area contributed by atoms with Crippen molar-refractivity contribution in [2.24, 2.45) is 0 Å². The van der Waals surface area contributed by atoms with E-state index >= 15 is 0 Å². The van der Waals surface area contributed by atoms with E-state index < -0.39 is 29.0 Å². The molecule has 2 heterocycles. The standard InChI is InChI=1S/C19H16F3N3O/c1-12(18-17(22)10-24-11-25-18)19(26,9-13-4-6-23-7-5-13)15-3-2-14(20)8-16(15)21/h2-8,10-12,26H,9H2,1H3/t12-,19+/m0/s1. The Morgan fingerprint density at radius 1 is 1.04 bits per heavy atom. The van der Waals surface area contributed by atoms with E-state index in [-0.39, 0.29) is 17.7 Å². The number of hydrogen-bond donors (Lipinski definition) is 1. The van der Waals surface area contributed by atoms with Crippen LogP contribution in [0.4, 0.5) is 13.2 Å². The lowest BCUT2D eigenvalue weighted by Crippen LogP contribution is -2.36. The molecule has 0 radical (unpaired) electrons. The van der Waals surface area contributed by atoms with Gasteiger partial charge in [0.15, 0.2) is 5.82 Å². The maximum atomic E-state index is 14.5. The van der Waals surface area contributed by atoms with Gasteiger partial charge in [-0.15, -0.1) is 0 Å². The summed E-state index contributed by atoms with van der Waals surface area (Å²) in [5.41, 5.74) is -1.40. The molecule has 0 bridgehead atoms. The average Bonchev–Trinajstić information content (AvgIpc) is 2.62. The number of rotatable bonds is 5. The average molecular weight is 359 g/mol. The monoisotopic (exact) mass is 359 g/mol. The summed E-state index contributed by atoms with van der Waals surface area (Å²) >= 11 is 0. The van der Waals surface area contributed by atoms with E-state index in [0.29, 0.717) is 11.6 Å². The van der Waals surface area contributed by atoms with Crippen molar-refractivity contribution in [2.45, 2.75) is 24.9 Å². The van der Waals surface area contributed by atoms with E-state index in [1.54, 1.807) is 12.1 Å². The second kappa shape index (κ2) is 7.21. The molecule has 1 aromatic carbocycles. The number of nitrogens with zero attached hydrogens (tertiary/aromatic N) is 3. The first-order valence-electron chi connectivity index (χ1n) is 7.94. The van der Waals surface area contributed by atoms with Crippen LogP contribution < -0.4 is 0 Å². The number of aromatic nitrogens is 3. The Balaban J connectivity index is 2.13. The first-order valence-corrected chi connectivity index (χ1v) is 7.94. The van der Waals surface area contributed by atoms with Crippen molar-refractivity contribution in [1.82, 2.24) is 15.0 Å². The maximum Gasteiger partial charge on any atom is 0.163 e. The first-order chi connectivity index (χ1) is 12.4. The highest BCUT2D eigenvalue weighted by Gasteiger charge is 2.41. The molecule has 0 spiro atoms. The van der Waals surface area contributed by atoms with Crippen LogP contribution in [0.2, 0.25) is 0 Å². The van der Waals surface area contributed by atoms with Gasteiger partial charge in [0.05, 0.1) is 11.9 Å². The van der Waals surface area contributed by atoms with Gasteiger partial charge in [-0.1, -0.05) is 13.0 Å². The van der Waals surface area contributed by atoms with Gasteiger partial charge in [0, 0.05) is 36.4 Å². The third-order valence-corrected chi connectivity index (χ3v) is 4.44. The van der Waals surface area contributed by atoms with Crippen LogP contribution in [0, 0.1) is 17.5 Å². The number of aliphatic hydroxyl groups is 1. The quantitative estimate of drug-likeness (QED) is 0.757. The molecule has 4 nitrogen and oxygen atoms in total. The summed E-state index contributed by atoms with van der Waals surface area (Å²) < 4.78 is 42.0. The molecule has 134 valence electrons. The van der Waals surface area contributed by atoms with Crippen LogP contribution in [0.5, 0.6) is 0 Å². The Labute approximate surface area is 148 Å². The van der Waals surface area contributed by atoms with Gasteiger partial charge in [-0.3, -0.25) is 4.98 Å². The molecule has 0 aliphatic rings. The Morgan fingerprint density at radius 3 is 2.42 bits per heavy atom. The highest BCUT2D eigenvalue weighted by Crippen LogP contribution is 2.40. The smallest absolute Gasteiger partial charge is 0.163 e. The van der Waals surface area contributed by atoms with Crippen molar-refractivity contribution in [1.29, 1.82) is 0 Å². The first kappa shape index (κ1) is 18.0. The zero-order chi connectivity index (χ0) is 18.7. The van der Waals surface area contributed by atoms with Gasteiger partial charge in [-0.25, -0.2) is 23.1 Å². The highest BCUT2D eigenvalue weighted by atomic mass is 19.1. The Morgan fingerprint density at radius 2 is 1.77 bits per heavy atom. The van der Waals surface area contributed by atoms with Crippen molar-refractivity contribution in [2.75, 3.05) is 0 Å². The number of pyridine rings is 1. The van der Waals surface area contributed by atoms with Gasteiger partial charge < -0.3 is 5.11 Å². The fourth-order valence-electron chi connectivity index (χ4n) is 3.00. The molecular weight excluding hydrogens is 343 g/mol. The third-order valence-electron chi connectivity index (χ3n) is 4.44. The van der Waals surface area contributed by atoms with Crippen LogP contribution in [0.1, 0.15) is 29.7 Å². The second-order valence-electron chi connectivity index (χ2n) is 6.06. The lowest BCUT2D eigenvalue weighted by Gasteiger charge is -2.35. The number of benzene rings is 1. The van der Waals surface area contributed by atoms with E-state index in [1.165, 1.54) is 25.4 Å². The zero-order valence-corrected chi connectivity index (χ0v) is 13.9. The molecule has 26 heavy (non-hydrogen) atoms. The SMILES string of the molecule is C[C@@H](c1ncncc1F)[C@](O)(Cc1ccncc1)c1ccc(F)cc1F. The topological polar surface area (TPSA) is 58.9 Å². The molecule has 3 rings (SSSR count). The Hall–Kier alpha value is -2.80. The minimum atomic E-state index is -1.87. The molecule has 0 amide bonds. The summed E-state index contributed by atoms with van der Waals surface area (Å²) in [6, 6.07) is 6.24. The zero-order valence-electron chi connectivity index (χ0n) is 13.9. The second-order valence-corrected chi connectivity index (χ2v) is 6.06. The maximum absolute atomic E-state index is 14.5. The lowest BCUT2D eigenvalue weighted by atomic mass is 9.76. The fraction of sp³-hybridized carbons (Fsp3) is 0.211. The lowest BCUT2D eigenvalue weighted by molar-refractivity contribution is 0.00680. The highest BCUT2D eigenvalue weighted by molar-refractivity contribution is 5.32. The van der Waals surface area contributed by atoms with E-state index in [9.17, 15) is 18.3 Å². The molecule has 0 unspecified atom stereocenters. The third kappa shape index (κ3) is 3.43. The molecule has 2 atom stereocenters. The predicted molar refractivity (Wildman–Crippen MR) is 88.6 cm³/mol. The minimum absolute atomic E-state index is 0.0390. The van der Waals surface area contributed by atoms with Gasteiger partial charge in [-0.2, -0.15) is 0 Å². The van der Waals surface area contributed by atoms with E-state index in [1.807, 2.05) is 0 Å². The van der Waals surface area contributed by atoms with E-state index in [2.05, 4.69) is 15.0 Å². The van der Waals surface area contributed by atoms with Gasteiger partial charge >= 0.3 is 0 Å². The molecule has 0 saturated heterocycles. The van der Waals surface area contributed by atoms with Crippen LogP contribution in [-0.2, 0) is 12.0 Å². The molecule has 7 heteroatoms. The van der Waals surface area contributed by atoms with Crippen molar-refractivity contribution >= 4 is 0 Å². The molecular formula is C19H16F3N3O. The van der Waals surface area contributed by atoms with E-state index in [0.717, 1.165) is 18.6 Å². The molecule has 2 aromatic heterocycles. The van der Waals surface area contributed by atoms with Crippen LogP contribution in [0.15, 0.2) is 55.2 Å². The minimum Gasteiger partial charge on any atom is -0.384 e. The molecule has 3 aromatic rings. The van der Waals surface area contributed by atoms with Crippen molar-refractivity contribution < 1.29 is 18.3 Å². The molecule has 0 fully saturated rings. The van der Waals surface area contributed by atoms with Crippen LogP contribution in [0.25, 0.3) is 0 Å². The van der Waals surface area contributed by atoms with Gasteiger partial charge in [0.25, 0.3) is 0 Å². The summed E-state index contributed by atoms with van der Waals surface area (Å²) in [6.45, 7) is 1.54. The summed E-state index contributed by atoms with van der Waals surface area (Å²) in [5, 5.41) is 11.4. The molecule has 0 saturated carbocycles. The van der Waals surface area contributed by atoms with Gasteiger partial charge in [-0.05, 0) is 23.8 Å². The summed E-state index contributed by atoms with van der Waals surface area (Å²) in [5.74, 6) is -3.32. The van der Waals surface area contributed by atoms with Crippen LogP contribution in [0.3, 0.4) is 0 Å². The predicted octanol–water partition coefficient (Wildman–Crippen LogP) is 3.52. The van der Waals surface area contributed by atoms with E-state index in [4.69, 9.17) is 0 Å². The summed E-state index contributed by atoms with van der Waals surface area (Å²) in [6.07, 6.45) is 5.16. The number of hydrogen-bond acceptors (Lipinski definition) is 4. The van der Waals surface area contributed by atoms with Crippen molar-refractivity contribution in [3.8, 4) is 0 Å². The van der Waals surface area contributed by atoms with Gasteiger partial charge in [0.1, 0.15) is 23.6 Å². The summed E-state index contributed by atoms with van der Waals surface area (Å²) in [4.78, 5) is 11.4. The van der Waals surface area contributed by atoms with Crippen LogP contribution >= 0.6 is 0 Å². The molecule has 0 aliphatic heterocycles. The Bertz CT molecular complexity index is 908. The fourth-order valence-corrected chi connectivity index (χ4v) is 3.00. The molecule has 0 aliphatic carbocycles. The van der Waals surface area contributed by atoms with Crippen molar-refractivity contribution in [3.63, 3.8) is 0 Å². The van der Waals surface area contributed by atoms with Crippen molar-refractivity contribution in [3.05, 3.63) is 89.5 Å². The normalized spacial score (nSPS) is 14.7. The van der Waals surface area contributed by atoms with Gasteiger partial charge in [0.2, 0.25) is 0 Å². The number of halogens is 3. The largest absolute Gasteiger partial charge is 0.384 e. The Kier molecular flexibility index (Phi) is 4.99. The summed E-state index contributed by atoms with van der Waals surface area (Å²) in [7, 11) is 0. The van der Waals surface area contributed by atoms with Crippen LogP contribution in [-0.4, -0.2) is 20.1 Å². The molecule has 1 N–H and O–H groups in total.